The zero-order valence-corrected chi connectivity index (χ0v) is 6.39. The van der Waals surface area contributed by atoms with Crippen molar-refractivity contribution in [2.75, 3.05) is 6.61 Å². The Balaban J connectivity index is 2.82. The first-order chi connectivity index (χ1) is 3.77. The van der Waals surface area contributed by atoms with Crippen LogP contribution in [0.3, 0.4) is 0 Å². The van der Waals surface area contributed by atoms with Crippen molar-refractivity contribution in [1.82, 2.24) is 0 Å². The number of thiocarbonyl (C=S) groups is 1. The topological polar surface area (TPSA) is 9.23 Å². The third-order valence-electron chi connectivity index (χ3n) is 0.713. The van der Waals surface area contributed by atoms with Crippen LogP contribution in [0.5, 0.6) is 0 Å². The van der Waals surface area contributed by atoms with Gasteiger partial charge in [-0.05, 0) is 30.2 Å². The average Bonchev–Trinajstić information content (AvgIpc) is 1.66. The monoisotopic (exact) mass is 152 g/mol. The summed E-state index contributed by atoms with van der Waals surface area (Å²) in [5.41, 5.74) is 0. The predicted molar refractivity (Wildman–Crippen MR) is 39.3 cm³/mol. The first-order valence-electron chi connectivity index (χ1n) is 2.59. The van der Waals surface area contributed by atoms with E-state index in [0.29, 0.717) is 6.61 Å². The molecule has 48 valence electrons. The van der Waals surface area contributed by atoms with Crippen LogP contribution in [-0.2, 0) is 4.74 Å². The third-order valence-corrected chi connectivity index (χ3v) is 0.940. The van der Waals surface area contributed by atoms with E-state index in [2.05, 4.69) is 19.1 Å². The molecule has 0 radical (unpaired) electrons. The lowest BCUT2D eigenvalue weighted by atomic mass is 10.4. The maximum atomic E-state index is 5.22. The van der Waals surface area contributed by atoms with Gasteiger partial charge in [0.15, 0.2) is 0 Å². The van der Waals surface area contributed by atoms with Crippen LogP contribution in [0.1, 0.15) is 19.8 Å². The maximum absolute atomic E-state index is 5.22. The molecular formula is C5H9ClOS. The van der Waals surface area contributed by atoms with Crippen molar-refractivity contribution in [3.63, 3.8) is 0 Å². The summed E-state index contributed by atoms with van der Waals surface area (Å²) in [6.45, 7) is 2.74. The van der Waals surface area contributed by atoms with Crippen molar-refractivity contribution in [3.8, 4) is 0 Å². The van der Waals surface area contributed by atoms with E-state index in [1.54, 1.807) is 0 Å². The van der Waals surface area contributed by atoms with Crippen LogP contribution in [0.15, 0.2) is 0 Å². The molecule has 0 aliphatic rings. The highest BCUT2D eigenvalue weighted by atomic mass is 35.5. The molecule has 3 heteroatoms. The van der Waals surface area contributed by atoms with Crippen molar-refractivity contribution in [1.29, 1.82) is 0 Å². The van der Waals surface area contributed by atoms with Crippen molar-refractivity contribution in [2.45, 2.75) is 19.8 Å². The molecule has 0 unspecified atom stereocenters. The summed E-state index contributed by atoms with van der Waals surface area (Å²) in [6.07, 6.45) is 2.13. The van der Waals surface area contributed by atoms with Gasteiger partial charge in [0, 0.05) is 0 Å². The molecule has 0 aromatic heterocycles. The standard InChI is InChI=1S/C5H9ClOS/c1-2-3-4-7-5(6)8/h2-4H2,1H3. The van der Waals surface area contributed by atoms with E-state index in [-0.39, 0.29) is 4.51 Å². The van der Waals surface area contributed by atoms with Crippen LogP contribution >= 0.6 is 23.8 Å². The largest absolute Gasteiger partial charge is 0.475 e. The molecule has 0 aliphatic carbocycles. The van der Waals surface area contributed by atoms with Crippen LogP contribution in [0.2, 0.25) is 0 Å². The minimum absolute atomic E-state index is 0.124. The Hall–Kier alpha value is 0.180. The van der Waals surface area contributed by atoms with Crippen molar-refractivity contribution in [2.24, 2.45) is 0 Å². The molecule has 0 aromatic rings. The molecule has 0 heterocycles. The lowest BCUT2D eigenvalue weighted by Crippen LogP contribution is -1.94. The van der Waals surface area contributed by atoms with Crippen molar-refractivity contribution >= 4 is 28.3 Å². The Morgan fingerprint density at radius 2 is 2.38 bits per heavy atom. The SMILES string of the molecule is CCCCOC(=S)Cl. The third kappa shape index (κ3) is 6.18. The molecular weight excluding hydrogens is 144 g/mol. The Bertz CT molecular complexity index is 74.8. The molecule has 0 rings (SSSR count). The minimum atomic E-state index is 0.124. The fourth-order valence-corrected chi connectivity index (χ4v) is 0.457. The summed E-state index contributed by atoms with van der Waals surface area (Å²) in [5, 5.41) is 0. The zero-order valence-electron chi connectivity index (χ0n) is 4.82. The molecule has 0 fully saturated rings. The highest BCUT2D eigenvalue weighted by molar-refractivity contribution is 7.82. The van der Waals surface area contributed by atoms with Gasteiger partial charge < -0.3 is 4.74 Å². The van der Waals surface area contributed by atoms with Gasteiger partial charge in [-0.1, -0.05) is 13.3 Å². The fraction of sp³-hybridized carbons (Fsp3) is 0.800. The van der Waals surface area contributed by atoms with Crippen molar-refractivity contribution < 1.29 is 4.74 Å². The fourth-order valence-electron chi connectivity index (χ4n) is 0.297. The highest BCUT2D eigenvalue weighted by Crippen LogP contribution is 1.92. The summed E-state index contributed by atoms with van der Waals surface area (Å²) in [6, 6.07) is 0. The van der Waals surface area contributed by atoms with E-state index in [0.717, 1.165) is 12.8 Å². The molecule has 0 spiro atoms. The van der Waals surface area contributed by atoms with E-state index in [1.165, 1.54) is 0 Å². The molecule has 1 nitrogen and oxygen atoms in total. The number of hydrogen-bond acceptors (Lipinski definition) is 2. The van der Waals surface area contributed by atoms with Gasteiger partial charge in [0.25, 0.3) is 4.51 Å². The van der Waals surface area contributed by atoms with Crippen LogP contribution in [0, 0.1) is 0 Å². The molecule has 0 saturated carbocycles. The second-order valence-corrected chi connectivity index (χ2v) is 2.38. The normalized spacial score (nSPS) is 8.75. The van der Waals surface area contributed by atoms with Gasteiger partial charge in [0.05, 0.1) is 6.61 Å². The Labute approximate surface area is 60.0 Å². The molecule has 8 heavy (non-hydrogen) atoms. The van der Waals surface area contributed by atoms with E-state index >= 15 is 0 Å². The lowest BCUT2D eigenvalue weighted by molar-refractivity contribution is 0.312. The average molecular weight is 153 g/mol. The van der Waals surface area contributed by atoms with Gasteiger partial charge in [-0.25, -0.2) is 0 Å². The lowest BCUT2D eigenvalue weighted by Gasteiger charge is -1.97. The van der Waals surface area contributed by atoms with E-state index < -0.39 is 0 Å². The highest BCUT2D eigenvalue weighted by Gasteiger charge is 1.86. The summed E-state index contributed by atoms with van der Waals surface area (Å²) in [7, 11) is 0. The molecule has 0 amide bonds. The minimum Gasteiger partial charge on any atom is -0.475 e. The Morgan fingerprint density at radius 1 is 1.75 bits per heavy atom. The smallest absolute Gasteiger partial charge is 0.255 e. The van der Waals surface area contributed by atoms with Gasteiger partial charge in [-0.3, -0.25) is 0 Å². The summed E-state index contributed by atoms with van der Waals surface area (Å²) in [4.78, 5) is 0. The maximum Gasteiger partial charge on any atom is 0.255 e. The van der Waals surface area contributed by atoms with Crippen LogP contribution in [0.25, 0.3) is 0 Å². The van der Waals surface area contributed by atoms with Crippen molar-refractivity contribution in [3.05, 3.63) is 0 Å². The quantitative estimate of drug-likeness (QED) is 0.349. The van der Waals surface area contributed by atoms with Gasteiger partial charge in [-0.15, -0.1) is 0 Å². The molecule has 0 aliphatic heterocycles. The number of halogens is 1. The number of ether oxygens (including phenoxy) is 1. The second kappa shape index (κ2) is 5.32. The van der Waals surface area contributed by atoms with E-state index in [4.69, 9.17) is 16.3 Å². The van der Waals surface area contributed by atoms with E-state index in [1.807, 2.05) is 0 Å². The molecule has 0 bridgehead atoms. The molecule has 0 atom stereocenters. The number of rotatable bonds is 3. The van der Waals surface area contributed by atoms with Crippen LogP contribution in [-0.4, -0.2) is 11.1 Å². The van der Waals surface area contributed by atoms with Gasteiger partial charge in [0.1, 0.15) is 0 Å². The summed E-state index contributed by atoms with van der Waals surface area (Å²) in [5.74, 6) is 0. The van der Waals surface area contributed by atoms with Gasteiger partial charge in [-0.2, -0.15) is 0 Å². The van der Waals surface area contributed by atoms with Crippen LogP contribution < -0.4 is 0 Å². The van der Waals surface area contributed by atoms with Crippen LogP contribution in [0.4, 0.5) is 0 Å². The predicted octanol–water partition coefficient (Wildman–Crippen LogP) is 2.33. The molecule has 0 saturated heterocycles. The Kier molecular flexibility index (Phi) is 5.44. The Morgan fingerprint density at radius 3 is 2.75 bits per heavy atom. The van der Waals surface area contributed by atoms with E-state index in [9.17, 15) is 0 Å². The summed E-state index contributed by atoms with van der Waals surface area (Å²) >= 11 is 9.67. The summed E-state index contributed by atoms with van der Waals surface area (Å²) < 4.78 is 4.90. The number of hydrogen-bond donors (Lipinski definition) is 0. The number of unbranched alkanes of at least 4 members (excludes halogenated alkanes) is 1. The first-order valence-corrected chi connectivity index (χ1v) is 3.38. The molecule has 0 aromatic carbocycles. The first kappa shape index (κ1) is 8.18. The second-order valence-electron chi connectivity index (χ2n) is 1.44. The van der Waals surface area contributed by atoms with Gasteiger partial charge >= 0.3 is 0 Å². The molecule has 0 N–H and O–H groups in total. The zero-order chi connectivity index (χ0) is 6.41. The van der Waals surface area contributed by atoms with Gasteiger partial charge in [0.2, 0.25) is 0 Å².